The Morgan fingerprint density at radius 1 is 1.24 bits per heavy atom. The van der Waals surface area contributed by atoms with Gasteiger partial charge in [-0.25, -0.2) is 4.79 Å². The van der Waals surface area contributed by atoms with E-state index in [1.807, 2.05) is 0 Å². The van der Waals surface area contributed by atoms with Crippen LogP contribution in [0.4, 0.5) is 0 Å². The minimum atomic E-state index is -1.47. The van der Waals surface area contributed by atoms with Crippen LogP contribution < -0.4 is 5.32 Å². The molecule has 0 aliphatic heterocycles. The van der Waals surface area contributed by atoms with Crippen LogP contribution in [0.15, 0.2) is 30.3 Å². The summed E-state index contributed by atoms with van der Waals surface area (Å²) < 4.78 is 4.41. The second-order valence-corrected chi connectivity index (χ2v) is 4.33. The van der Waals surface area contributed by atoms with Gasteiger partial charge in [0, 0.05) is 6.42 Å². The summed E-state index contributed by atoms with van der Waals surface area (Å²) in [5, 5.41) is 21.1. The van der Waals surface area contributed by atoms with E-state index >= 15 is 0 Å². The Hall–Kier alpha value is -2.41. The van der Waals surface area contributed by atoms with Gasteiger partial charge in [-0.3, -0.25) is 9.59 Å². The molecule has 7 heteroatoms. The third kappa shape index (κ3) is 5.23. The molecule has 21 heavy (non-hydrogen) atoms. The first-order valence-corrected chi connectivity index (χ1v) is 6.28. The number of aliphatic hydroxyl groups is 1. The Labute approximate surface area is 121 Å². The van der Waals surface area contributed by atoms with Crippen molar-refractivity contribution in [3.05, 3.63) is 35.9 Å². The van der Waals surface area contributed by atoms with Crippen molar-refractivity contribution in [1.29, 1.82) is 0 Å². The molecule has 0 aliphatic carbocycles. The normalized spacial score (nSPS) is 13.0. The van der Waals surface area contributed by atoms with Crippen molar-refractivity contribution in [3.8, 4) is 0 Å². The molecule has 1 amide bonds. The fraction of sp³-hybridized carbons (Fsp3) is 0.357. The molecule has 0 saturated carbocycles. The number of nitrogens with one attached hydrogen (secondary N) is 1. The number of ether oxygens (including phenoxy) is 1. The lowest BCUT2D eigenvalue weighted by molar-refractivity contribution is -0.145. The smallest absolute Gasteiger partial charge is 0.326 e. The van der Waals surface area contributed by atoms with Gasteiger partial charge in [0.05, 0.1) is 7.11 Å². The molecular weight excluding hydrogens is 278 g/mol. The summed E-state index contributed by atoms with van der Waals surface area (Å²) in [5.74, 6) is -2.69. The molecule has 0 heterocycles. The molecule has 1 aromatic carbocycles. The molecule has 0 unspecified atom stereocenters. The Bertz CT molecular complexity index is 501. The van der Waals surface area contributed by atoms with Crippen LogP contribution in [0.2, 0.25) is 0 Å². The van der Waals surface area contributed by atoms with Crippen molar-refractivity contribution >= 4 is 17.8 Å². The molecular formula is C14H17NO6. The molecule has 0 spiro atoms. The Kier molecular flexibility index (Phi) is 6.35. The summed E-state index contributed by atoms with van der Waals surface area (Å²) in [6.45, 7) is 0. The van der Waals surface area contributed by atoms with Gasteiger partial charge in [0.2, 0.25) is 0 Å². The molecule has 0 saturated heterocycles. The highest BCUT2D eigenvalue weighted by Crippen LogP contribution is 2.12. The number of hydrogen-bond donors (Lipinski definition) is 3. The maximum absolute atomic E-state index is 11.8. The Morgan fingerprint density at radius 3 is 2.38 bits per heavy atom. The van der Waals surface area contributed by atoms with Crippen molar-refractivity contribution in [2.24, 2.45) is 0 Å². The maximum Gasteiger partial charge on any atom is 0.326 e. The van der Waals surface area contributed by atoms with Gasteiger partial charge < -0.3 is 20.3 Å². The zero-order chi connectivity index (χ0) is 15.8. The third-order valence-corrected chi connectivity index (χ3v) is 2.84. The zero-order valence-electron chi connectivity index (χ0n) is 11.5. The lowest BCUT2D eigenvalue weighted by atomic mass is 10.1. The monoisotopic (exact) mass is 295 g/mol. The zero-order valence-corrected chi connectivity index (χ0v) is 11.5. The van der Waals surface area contributed by atoms with Gasteiger partial charge >= 0.3 is 11.9 Å². The van der Waals surface area contributed by atoms with E-state index in [2.05, 4.69) is 10.1 Å². The predicted molar refractivity (Wildman–Crippen MR) is 72.2 cm³/mol. The van der Waals surface area contributed by atoms with Gasteiger partial charge in [0.25, 0.3) is 5.91 Å². The Morgan fingerprint density at radius 2 is 1.86 bits per heavy atom. The largest absolute Gasteiger partial charge is 0.480 e. The number of amides is 1. The average molecular weight is 295 g/mol. The van der Waals surface area contributed by atoms with E-state index in [0.29, 0.717) is 5.56 Å². The molecule has 0 aromatic heterocycles. The molecule has 0 bridgehead atoms. The highest BCUT2D eigenvalue weighted by atomic mass is 16.5. The summed E-state index contributed by atoms with van der Waals surface area (Å²) >= 11 is 0. The van der Waals surface area contributed by atoms with E-state index in [1.165, 1.54) is 7.11 Å². The second-order valence-electron chi connectivity index (χ2n) is 4.33. The number of benzene rings is 1. The molecule has 0 fully saturated rings. The van der Waals surface area contributed by atoms with Crippen molar-refractivity contribution < 1.29 is 29.3 Å². The van der Waals surface area contributed by atoms with Crippen molar-refractivity contribution in [2.75, 3.05) is 7.11 Å². The number of rotatable bonds is 7. The van der Waals surface area contributed by atoms with Crippen molar-refractivity contribution in [2.45, 2.75) is 25.0 Å². The summed E-state index contributed by atoms with van der Waals surface area (Å²) in [7, 11) is 1.19. The van der Waals surface area contributed by atoms with Crippen LogP contribution in [0.1, 0.15) is 24.5 Å². The SMILES string of the molecule is COC(=O)CC[C@H](NC(=O)[C@@H](O)c1ccccc1)C(=O)O. The van der Waals surface area contributed by atoms with Gasteiger partial charge in [0.1, 0.15) is 6.04 Å². The van der Waals surface area contributed by atoms with E-state index in [-0.39, 0.29) is 12.8 Å². The summed E-state index contributed by atoms with van der Waals surface area (Å²) in [6.07, 6.45) is -1.73. The lowest BCUT2D eigenvalue weighted by Crippen LogP contribution is -2.43. The van der Waals surface area contributed by atoms with Gasteiger partial charge in [-0.05, 0) is 12.0 Å². The first kappa shape index (κ1) is 16.6. The van der Waals surface area contributed by atoms with E-state index in [1.54, 1.807) is 30.3 Å². The van der Waals surface area contributed by atoms with Crippen LogP contribution in [-0.4, -0.2) is 41.2 Å². The van der Waals surface area contributed by atoms with Crippen LogP contribution >= 0.6 is 0 Å². The first-order valence-electron chi connectivity index (χ1n) is 6.28. The van der Waals surface area contributed by atoms with Gasteiger partial charge in [0.15, 0.2) is 6.10 Å². The molecule has 2 atom stereocenters. The van der Waals surface area contributed by atoms with Crippen LogP contribution in [0.5, 0.6) is 0 Å². The summed E-state index contributed by atoms with van der Waals surface area (Å²) in [6, 6.07) is 6.86. The number of carbonyl (C=O) groups is 3. The minimum Gasteiger partial charge on any atom is -0.480 e. The molecule has 0 aliphatic rings. The fourth-order valence-corrected chi connectivity index (χ4v) is 1.66. The highest BCUT2D eigenvalue weighted by molar-refractivity contribution is 5.87. The van der Waals surface area contributed by atoms with E-state index in [0.717, 1.165) is 0 Å². The maximum atomic E-state index is 11.8. The van der Waals surface area contributed by atoms with Crippen LogP contribution in [0.3, 0.4) is 0 Å². The highest BCUT2D eigenvalue weighted by Gasteiger charge is 2.25. The number of esters is 1. The number of methoxy groups -OCH3 is 1. The average Bonchev–Trinajstić information content (AvgIpc) is 2.50. The molecule has 1 rings (SSSR count). The number of hydrogen-bond acceptors (Lipinski definition) is 5. The third-order valence-electron chi connectivity index (χ3n) is 2.84. The van der Waals surface area contributed by atoms with E-state index < -0.39 is 30.0 Å². The summed E-state index contributed by atoms with van der Waals surface area (Å²) in [5.41, 5.74) is 0.354. The van der Waals surface area contributed by atoms with Crippen molar-refractivity contribution in [1.82, 2.24) is 5.32 Å². The van der Waals surface area contributed by atoms with Crippen molar-refractivity contribution in [3.63, 3.8) is 0 Å². The Balaban J connectivity index is 2.64. The van der Waals surface area contributed by atoms with Crippen LogP contribution in [0, 0.1) is 0 Å². The lowest BCUT2D eigenvalue weighted by Gasteiger charge is -2.17. The van der Waals surface area contributed by atoms with Crippen LogP contribution in [0.25, 0.3) is 0 Å². The molecule has 3 N–H and O–H groups in total. The molecule has 114 valence electrons. The predicted octanol–water partition coefficient (Wildman–Crippen LogP) is 0.243. The van der Waals surface area contributed by atoms with Gasteiger partial charge in [-0.1, -0.05) is 30.3 Å². The van der Waals surface area contributed by atoms with E-state index in [9.17, 15) is 19.5 Å². The standard InChI is InChI=1S/C14H17NO6/c1-21-11(16)8-7-10(14(19)20)15-13(18)12(17)9-5-3-2-4-6-9/h2-6,10,12,17H,7-8H2,1H3,(H,15,18)(H,19,20)/t10-,12-/m0/s1. The number of carbonyl (C=O) groups excluding carboxylic acids is 2. The number of aliphatic hydroxyl groups excluding tert-OH is 1. The van der Waals surface area contributed by atoms with E-state index in [4.69, 9.17) is 5.11 Å². The fourth-order valence-electron chi connectivity index (χ4n) is 1.66. The number of carboxylic acids is 1. The number of aliphatic carboxylic acids is 1. The first-order chi connectivity index (χ1) is 9.95. The van der Waals surface area contributed by atoms with Gasteiger partial charge in [-0.2, -0.15) is 0 Å². The molecule has 7 nitrogen and oxygen atoms in total. The molecule has 1 aromatic rings. The minimum absolute atomic E-state index is 0.116. The summed E-state index contributed by atoms with van der Waals surface area (Å²) in [4.78, 5) is 33.9. The molecule has 0 radical (unpaired) electrons. The topological polar surface area (TPSA) is 113 Å². The van der Waals surface area contributed by atoms with Gasteiger partial charge in [-0.15, -0.1) is 0 Å². The second kappa shape index (κ2) is 8.01. The quantitative estimate of drug-likeness (QED) is 0.621. The number of carboxylic acid groups (broad SMARTS) is 1. The van der Waals surface area contributed by atoms with Crippen LogP contribution in [-0.2, 0) is 19.1 Å².